The Morgan fingerprint density at radius 3 is 2.85 bits per heavy atom. The summed E-state index contributed by atoms with van der Waals surface area (Å²) < 4.78 is 5.52. The summed E-state index contributed by atoms with van der Waals surface area (Å²) >= 11 is 3.32. The molecule has 0 saturated heterocycles. The maximum atomic E-state index is 11.9. The molecule has 2 aromatic rings. The maximum absolute atomic E-state index is 11.9. The summed E-state index contributed by atoms with van der Waals surface area (Å²) in [4.78, 5) is 16.1. The van der Waals surface area contributed by atoms with E-state index in [2.05, 4.69) is 38.5 Å². The normalized spacial score (nSPS) is 11.8. The SMILES string of the molecule is CCC(CCNc1ncc(Br)cc1C(=O)OC)NCc1ccccc1O. The summed E-state index contributed by atoms with van der Waals surface area (Å²) in [5, 5.41) is 16.5. The molecule has 1 aromatic carbocycles. The molecule has 3 N–H and O–H groups in total. The van der Waals surface area contributed by atoms with Crippen LogP contribution in [0.1, 0.15) is 35.7 Å². The van der Waals surface area contributed by atoms with Crippen molar-refractivity contribution in [1.82, 2.24) is 10.3 Å². The summed E-state index contributed by atoms with van der Waals surface area (Å²) in [5.74, 6) is 0.386. The number of phenols is 1. The van der Waals surface area contributed by atoms with Crippen molar-refractivity contribution in [3.8, 4) is 5.75 Å². The van der Waals surface area contributed by atoms with Gasteiger partial charge in [0.1, 0.15) is 17.1 Å². The molecule has 0 spiro atoms. The molecule has 0 aliphatic rings. The van der Waals surface area contributed by atoms with E-state index in [0.29, 0.717) is 30.2 Å². The first-order chi connectivity index (χ1) is 12.5. The molecular formula is C19H24BrN3O3. The fourth-order valence-corrected chi connectivity index (χ4v) is 2.91. The lowest BCUT2D eigenvalue weighted by Gasteiger charge is -2.18. The minimum atomic E-state index is -0.425. The number of esters is 1. The van der Waals surface area contributed by atoms with Gasteiger partial charge < -0.3 is 20.5 Å². The molecule has 0 saturated carbocycles. The fourth-order valence-electron chi connectivity index (χ4n) is 2.58. The van der Waals surface area contributed by atoms with Gasteiger partial charge in [0.15, 0.2) is 0 Å². The molecule has 140 valence electrons. The fraction of sp³-hybridized carbons (Fsp3) is 0.368. The molecule has 0 aliphatic heterocycles. The molecular weight excluding hydrogens is 398 g/mol. The number of hydrogen-bond acceptors (Lipinski definition) is 6. The lowest BCUT2D eigenvalue weighted by Crippen LogP contribution is -2.30. The first-order valence-corrected chi connectivity index (χ1v) is 9.32. The summed E-state index contributed by atoms with van der Waals surface area (Å²) in [6.07, 6.45) is 3.44. The number of methoxy groups -OCH3 is 1. The molecule has 0 amide bonds. The third-order valence-electron chi connectivity index (χ3n) is 4.11. The maximum Gasteiger partial charge on any atom is 0.341 e. The Bertz CT molecular complexity index is 740. The summed E-state index contributed by atoms with van der Waals surface area (Å²) in [5.41, 5.74) is 1.28. The molecule has 6 nitrogen and oxygen atoms in total. The van der Waals surface area contributed by atoms with E-state index in [1.165, 1.54) is 7.11 Å². The highest BCUT2D eigenvalue weighted by atomic mass is 79.9. The number of phenolic OH excluding ortho intramolecular Hbond substituents is 1. The second-order valence-corrected chi connectivity index (χ2v) is 6.79. The van der Waals surface area contributed by atoms with Crippen LogP contribution in [0.4, 0.5) is 5.82 Å². The molecule has 0 fully saturated rings. The number of anilines is 1. The molecule has 0 aliphatic carbocycles. The third-order valence-corrected chi connectivity index (χ3v) is 4.54. The lowest BCUT2D eigenvalue weighted by molar-refractivity contribution is 0.0601. The summed E-state index contributed by atoms with van der Waals surface area (Å²) in [6, 6.07) is 9.28. The predicted octanol–water partition coefficient (Wildman–Crippen LogP) is 3.71. The van der Waals surface area contributed by atoms with Crippen LogP contribution in [0.2, 0.25) is 0 Å². The Hall–Kier alpha value is -2.12. The number of pyridine rings is 1. The van der Waals surface area contributed by atoms with Gasteiger partial charge in [-0.2, -0.15) is 0 Å². The number of aromatic hydroxyl groups is 1. The standard InChI is InChI=1S/C19H24BrN3O3/c1-3-15(22-11-13-6-4-5-7-17(13)24)8-9-21-18-16(19(25)26-2)10-14(20)12-23-18/h4-7,10,12,15,22,24H,3,8-9,11H2,1-2H3,(H,21,23). The Labute approximate surface area is 162 Å². The number of nitrogens with one attached hydrogen (secondary N) is 2. The van der Waals surface area contributed by atoms with E-state index in [0.717, 1.165) is 22.9 Å². The predicted molar refractivity (Wildman–Crippen MR) is 105 cm³/mol. The Kier molecular flexibility index (Phi) is 7.87. The molecule has 7 heteroatoms. The van der Waals surface area contributed by atoms with Crippen molar-refractivity contribution in [2.24, 2.45) is 0 Å². The van der Waals surface area contributed by atoms with Crippen LogP contribution >= 0.6 is 15.9 Å². The number of aromatic nitrogens is 1. The zero-order valence-electron chi connectivity index (χ0n) is 15.0. The number of hydrogen-bond donors (Lipinski definition) is 3. The molecule has 1 heterocycles. The molecule has 26 heavy (non-hydrogen) atoms. The zero-order chi connectivity index (χ0) is 18.9. The van der Waals surface area contributed by atoms with E-state index in [1.807, 2.05) is 18.2 Å². The van der Waals surface area contributed by atoms with Crippen LogP contribution in [-0.2, 0) is 11.3 Å². The van der Waals surface area contributed by atoms with Crippen LogP contribution in [-0.4, -0.2) is 35.8 Å². The average Bonchev–Trinajstić information content (AvgIpc) is 2.66. The number of para-hydroxylation sites is 1. The van der Waals surface area contributed by atoms with Gasteiger partial charge >= 0.3 is 5.97 Å². The van der Waals surface area contributed by atoms with E-state index >= 15 is 0 Å². The monoisotopic (exact) mass is 421 g/mol. The molecule has 1 aromatic heterocycles. The molecule has 1 atom stereocenters. The van der Waals surface area contributed by atoms with Gasteiger partial charge in [0.25, 0.3) is 0 Å². The van der Waals surface area contributed by atoms with Crippen molar-refractivity contribution in [3.63, 3.8) is 0 Å². The average molecular weight is 422 g/mol. The minimum Gasteiger partial charge on any atom is -0.508 e. The highest BCUT2D eigenvalue weighted by Gasteiger charge is 2.14. The molecule has 2 rings (SSSR count). The van der Waals surface area contributed by atoms with Gasteiger partial charge in [-0.25, -0.2) is 9.78 Å². The van der Waals surface area contributed by atoms with Crippen molar-refractivity contribution in [2.75, 3.05) is 19.0 Å². The zero-order valence-corrected chi connectivity index (χ0v) is 16.5. The highest BCUT2D eigenvalue weighted by molar-refractivity contribution is 9.10. The molecule has 0 bridgehead atoms. The smallest absolute Gasteiger partial charge is 0.341 e. The second-order valence-electron chi connectivity index (χ2n) is 5.87. The van der Waals surface area contributed by atoms with Gasteiger partial charge in [-0.15, -0.1) is 0 Å². The van der Waals surface area contributed by atoms with E-state index < -0.39 is 5.97 Å². The number of carbonyl (C=O) groups excluding carboxylic acids is 1. The third kappa shape index (κ3) is 5.71. The van der Waals surface area contributed by atoms with Gasteiger partial charge in [-0.3, -0.25) is 0 Å². The largest absolute Gasteiger partial charge is 0.508 e. The van der Waals surface area contributed by atoms with Crippen LogP contribution in [0.25, 0.3) is 0 Å². The molecule has 0 radical (unpaired) electrons. The number of nitrogens with zero attached hydrogens (tertiary/aromatic N) is 1. The number of ether oxygens (including phenoxy) is 1. The van der Waals surface area contributed by atoms with Crippen molar-refractivity contribution >= 4 is 27.7 Å². The van der Waals surface area contributed by atoms with Crippen LogP contribution in [0.3, 0.4) is 0 Å². The number of rotatable bonds is 9. The number of carbonyl (C=O) groups is 1. The second kappa shape index (κ2) is 10.1. The van der Waals surface area contributed by atoms with E-state index in [1.54, 1.807) is 18.3 Å². The first-order valence-electron chi connectivity index (χ1n) is 8.53. The van der Waals surface area contributed by atoms with Crippen molar-refractivity contribution < 1.29 is 14.6 Å². The van der Waals surface area contributed by atoms with Crippen molar-refractivity contribution in [2.45, 2.75) is 32.4 Å². The highest BCUT2D eigenvalue weighted by Crippen LogP contribution is 2.19. The van der Waals surface area contributed by atoms with Crippen LogP contribution in [0.5, 0.6) is 5.75 Å². The quantitative estimate of drug-likeness (QED) is 0.535. The summed E-state index contributed by atoms with van der Waals surface area (Å²) in [7, 11) is 1.35. The Morgan fingerprint density at radius 1 is 1.38 bits per heavy atom. The van der Waals surface area contributed by atoms with Gasteiger partial charge in [-0.1, -0.05) is 25.1 Å². The van der Waals surface area contributed by atoms with Crippen LogP contribution in [0, 0.1) is 0 Å². The van der Waals surface area contributed by atoms with Crippen LogP contribution in [0.15, 0.2) is 41.0 Å². The topological polar surface area (TPSA) is 83.5 Å². The first kappa shape index (κ1) is 20.2. The van der Waals surface area contributed by atoms with E-state index in [9.17, 15) is 9.90 Å². The van der Waals surface area contributed by atoms with Gasteiger partial charge in [-0.05, 0) is 40.9 Å². The van der Waals surface area contributed by atoms with Gasteiger partial charge in [0, 0.05) is 35.4 Å². The minimum absolute atomic E-state index is 0.277. The number of halogens is 1. The van der Waals surface area contributed by atoms with Gasteiger partial charge in [0.2, 0.25) is 0 Å². The van der Waals surface area contributed by atoms with Crippen molar-refractivity contribution in [3.05, 3.63) is 52.1 Å². The lowest BCUT2D eigenvalue weighted by atomic mass is 10.1. The number of benzene rings is 1. The van der Waals surface area contributed by atoms with Crippen molar-refractivity contribution in [1.29, 1.82) is 0 Å². The van der Waals surface area contributed by atoms with E-state index in [-0.39, 0.29) is 6.04 Å². The summed E-state index contributed by atoms with van der Waals surface area (Å²) in [6.45, 7) is 3.38. The Balaban J connectivity index is 1.89. The van der Waals surface area contributed by atoms with Crippen LogP contribution < -0.4 is 10.6 Å². The molecule has 1 unspecified atom stereocenters. The van der Waals surface area contributed by atoms with E-state index in [4.69, 9.17) is 4.74 Å². The Morgan fingerprint density at radius 2 is 2.15 bits per heavy atom. The van der Waals surface area contributed by atoms with Gasteiger partial charge in [0.05, 0.1) is 7.11 Å².